The number of anilines is 1. The van der Waals surface area contributed by atoms with E-state index in [4.69, 9.17) is 16.3 Å². The standard InChI is InChI=1S/C16H14ClN5O2/c1-11-2-3-12(8-15(11)17)19-16(23)9-24-14-6-4-13(5-7-14)22-10-18-20-21-22/h2-8,10H,9H2,1H3,(H,19,23). The van der Waals surface area contributed by atoms with Gasteiger partial charge in [0.25, 0.3) is 5.91 Å². The summed E-state index contributed by atoms with van der Waals surface area (Å²) in [5.74, 6) is 0.309. The SMILES string of the molecule is Cc1ccc(NC(=O)COc2ccc(-n3cnnn3)cc2)cc1Cl. The summed E-state index contributed by atoms with van der Waals surface area (Å²) in [4.78, 5) is 11.9. The molecule has 0 unspecified atom stereocenters. The molecule has 0 radical (unpaired) electrons. The fourth-order valence-electron chi connectivity index (χ4n) is 1.99. The lowest BCUT2D eigenvalue weighted by atomic mass is 10.2. The first-order valence-electron chi connectivity index (χ1n) is 7.14. The largest absolute Gasteiger partial charge is 0.484 e. The minimum Gasteiger partial charge on any atom is -0.484 e. The molecule has 1 aromatic heterocycles. The molecule has 0 aliphatic heterocycles. The Labute approximate surface area is 143 Å². The second-order valence-electron chi connectivity index (χ2n) is 5.05. The van der Waals surface area contributed by atoms with Crippen LogP contribution in [-0.2, 0) is 4.79 Å². The lowest BCUT2D eigenvalue weighted by molar-refractivity contribution is -0.118. The Morgan fingerprint density at radius 1 is 1.25 bits per heavy atom. The molecule has 1 N–H and O–H groups in total. The molecule has 8 heteroatoms. The topological polar surface area (TPSA) is 81.9 Å². The van der Waals surface area contributed by atoms with Gasteiger partial charge in [0.2, 0.25) is 0 Å². The predicted octanol–water partition coefficient (Wildman–Crippen LogP) is 2.64. The van der Waals surface area contributed by atoms with Crippen LogP contribution in [-0.4, -0.2) is 32.7 Å². The normalized spacial score (nSPS) is 10.4. The average molecular weight is 344 g/mol. The number of aromatic nitrogens is 4. The number of nitrogens with one attached hydrogen (secondary N) is 1. The molecule has 0 saturated heterocycles. The number of benzene rings is 2. The van der Waals surface area contributed by atoms with Gasteiger partial charge in [0.05, 0.1) is 5.69 Å². The highest BCUT2D eigenvalue weighted by Gasteiger charge is 2.06. The highest BCUT2D eigenvalue weighted by molar-refractivity contribution is 6.31. The molecule has 3 rings (SSSR count). The first kappa shape index (κ1) is 15.9. The van der Waals surface area contributed by atoms with E-state index in [1.54, 1.807) is 36.4 Å². The molecule has 0 aliphatic carbocycles. The molecule has 3 aromatic rings. The monoisotopic (exact) mass is 343 g/mol. The van der Waals surface area contributed by atoms with Crippen molar-refractivity contribution in [1.82, 2.24) is 20.2 Å². The Kier molecular flexibility index (Phi) is 4.72. The Morgan fingerprint density at radius 2 is 2.04 bits per heavy atom. The number of hydrogen-bond donors (Lipinski definition) is 1. The number of carbonyl (C=O) groups is 1. The van der Waals surface area contributed by atoms with E-state index >= 15 is 0 Å². The van der Waals surface area contributed by atoms with Gasteiger partial charge in [-0.3, -0.25) is 4.79 Å². The van der Waals surface area contributed by atoms with Crippen LogP contribution in [0.1, 0.15) is 5.56 Å². The number of rotatable bonds is 5. The van der Waals surface area contributed by atoms with Gasteiger partial charge in [-0.15, -0.1) is 5.10 Å². The van der Waals surface area contributed by atoms with Gasteiger partial charge < -0.3 is 10.1 Å². The van der Waals surface area contributed by atoms with E-state index in [2.05, 4.69) is 20.8 Å². The van der Waals surface area contributed by atoms with Crippen LogP contribution in [0.15, 0.2) is 48.8 Å². The van der Waals surface area contributed by atoms with Crippen molar-refractivity contribution in [2.45, 2.75) is 6.92 Å². The van der Waals surface area contributed by atoms with Crippen molar-refractivity contribution in [2.24, 2.45) is 0 Å². The number of halogens is 1. The minimum absolute atomic E-state index is 0.101. The Hall–Kier alpha value is -2.93. The number of amides is 1. The molecule has 0 spiro atoms. The Balaban J connectivity index is 1.55. The number of nitrogens with zero attached hydrogens (tertiary/aromatic N) is 4. The molecule has 122 valence electrons. The van der Waals surface area contributed by atoms with E-state index in [0.29, 0.717) is 16.5 Å². The van der Waals surface area contributed by atoms with Crippen molar-refractivity contribution >= 4 is 23.2 Å². The van der Waals surface area contributed by atoms with Crippen LogP contribution in [0, 0.1) is 6.92 Å². The van der Waals surface area contributed by atoms with E-state index in [-0.39, 0.29) is 12.5 Å². The number of ether oxygens (including phenoxy) is 1. The Bertz CT molecular complexity index is 834. The average Bonchev–Trinajstić information content (AvgIpc) is 3.11. The van der Waals surface area contributed by atoms with Crippen molar-refractivity contribution in [2.75, 3.05) is 11.9 Å². The number of carbonyl (C=O) groups excluding carboxylic acids is 1. The van der Waals surface area contributed by atoms with Crippen molar-refractivity contribution in [1.29, 1.82) is 0 Å². The third-order valence-corrected chi connectivity index (χ3v) is 3.68. The van der Waals surface area contributed by atoms with E-state index in [9.17, 15) is 4.79 Å². The van der Waals surface area contributed by atoms with Gasteiger partial charge in [0, 0.05) is 10.7 Å². The molecule has 1 amide bonds. The maximum atomic E-state index is 11.9. The fourth-order valence-corrected chi connectivity index (χ4v) is 2.17. The highest BCUT2D eigenvalue weighted by atomic mass is 35.5. The first-order chi connectivity index (χ1) is 11.6. The van der Waals surface area contributed by atoms with Crippen molar-refractivity contribution < 1.29 is 9.53 Å². The smallest absolute Gasteiger partial charge is 0.262 e. The van der Waals surface area contributed by atoms with Gasteiger partial charge >= 0.3 is 0 Å². The summed E-state index contributed by atoms with van der Waals surface area (Å²) in [6.07, 6.45) is 1.50. The van der Waals surface area contributed by atoms with Gasteiger partial charge in [0.1, 0.15) is 12.1 Å². The van der Waals surface area contributed by atoms with Crippen molar-refractivity contribution in [3.05, 3.63) is 59.4 Å². The molecule has 0 bridgehead atoms. The van der Waals surface area contributed by atoms with E-state index in [1.807, 2.05) is 13.0 Å². The van der Waals surface area contributed by atoms with Crippen LogP contribution >= 0.6 is 11.6 Å². The third-order valence-electron chi connectivity index (χ3n) is 3.28. The number of aryl methyl sites for hydroxylation is 1. The zero-order valence-corrected chi connectivity index (χ0v) is 13.6. The van der Waals surface area contributed by atoms with Crippen LogP contribution in [0.25, 0.3) is 5.69 Å². The van der Waals surface area contributed by atoms with Gasteiger partial charge in [-0.05, 0) is 59.3 Å². The molecule has 0 saturated carbocycles. The van der Waals surface area contributed by atoms with E-state index < -0.39 is 0 Å². The zero-order valence-electron chi connectivity index (χ0n) is 12.8. The summed E-state index contributed by atoms with van der Waals surface area (Å²) < 4.78 is 6.99. The van der Waals surface area contributed by atoms with Gasteiger partial charge in [0.15, 0.2) is 6.61 Å². The van der Waals surface area contributed by atoms with Crippen LogP contribution in [0.4, 0.5) is 5.69 Å². The molecule has 7 nitrogen and oxygen atoms in total. The summed E-state index contributed by atoms with van der Waals surface area (Å²) in [6.45, 7) is 1.80. The molecule has 0 fully saturated rings. The fraction of sp³-hybridized carbons (Fsp3) is 0.125. The number of hydrogen-bond acceptors (Lipinski definition) is 5. The number of tetrazole rings is 1. The Morgan fingerprint density at radius 3 is 2.71 bits per heavy atom. The quantitative estimate of drug-likeness (QED) is 0.770. The molecular weight excluding hydrogens is 330 g/mol. The van der Waals surface area contributed by atoms with Crippen LogP contribution in [0.5, 0.6) is 5.75 Å². The minimum atomic E-state index is -0.264. The van der Waals surface area contributed by atoms with E-state index in [0.717, 1.165) is 11.3 Å². The summed E-state index contributed by atoms with van der Waals surface area (Å²) in [7, 11) is 0. The van der Waals surface area contributed by atoms with E-state index in [1.165, 1.54) is 11.0 Å². The second-order valence-corrected chi connectivity index (χ2v) is 5.46. The van der Waals surface area contributed by atoms with Gasteiger partial charge in [-0.2, -0.15) is 0 Å². The lowest BCUT2D eigenvalue weighted by Gasteiger charge is -2.09. The van der Waals surface area contributed by atoms with Crippen molar-refractivity contribution in [3.63, 3.8) is 0 Å². The maximum absolute atomic E-state index is 11.9. The molecule has 0 atom stereocenters. The van der Waals surface area contributed by atoms with Crippen molar-refractivity contribution in [3.8, 4) is 11.4 Å². The molecule has 0 aliphatic rings. The molecular formula is C16H14ClN5O2. The van der Waals surface area contributed by atoms with Gasteiger partial charge in [-0.25, -0.2) is 4.68 Å². The summed E-state index contributed by atoms with van der Waals surface area (Å²) >= 11 is 6.03. The zero-order chi connectivity index (χ0) is 16.9. The summed E-state index contributed by atoms with van der Waals surface area (Å²) in [5.41, 5.74) is 2.38. The first-order valence-corrected chi connectivity index (χ1v) is 7.52. The maximum Gasteiger partial charge on any atom is 0.262 e. The van der Waals surface area contributed by atoms with Crippen LogP contribution in [0.2, 0.25) is 5.02 Å². The van der Waals surface area contributed by atoms with Crippen LogP contribution in [0.3, 0.4) is 0 Å². The second kappa shape index (κ2) is 7.10. The molecule has 1 heterocycles. The molecule has 2 aromatic carbocycles. The van der Waals surface area contributed by atoms with Gasteiger partial charge in [-0.1, -0.05) is 17.7 Å². The third kappa shape index (κ3) is 3.88. The summed E-state index contributed by atoms with van der Waals surface area (Å²) in [5, 5.41) is 14.3. The highest BCUT2D eigenvalue weighted by Crippen LogP contribution is 2.20. The predicted molar refractivity (Wildman–Crippen MR) is 89.5 cm³/mol. The summed E-state index contributed by atoms with van der Waals surface area (Å²) in [6, 6.07) is 12.4. The van der Waals surface area contributed by atoms with Crippen LogP contribution < -0.4 is 10.1 Å². The lowest BCUT2D eigenvalue weighted by Crippen LogP contribution is -2.20. The molecule has 24 heavy (non-hydrogen) atoms.